The Kier molecular flexibility index (Phi) is 1.24. The fourth-order valence-corrected chi connectivity index (χ4v) is 1.66. The molecule has 2 nitrogen and oxygen atoms in total. The molecule has 2 aliphatic rings. The van der Waals surface area contributed by atoms with E-state index in [4.69, 9.17) is 10.5 Å². The number of fused-ring (bicyclic) bond motifs is 1. The van der Waals surface area contributed by atoms with E-state index in [2.05, 4.69) is 0 Å². The second-order valence-electron chi connectivity index (χ2n) is 3.09. The molecule has 1 saturated carbocycles. The maximum Gasteiger partial charge on any atom is 0.0992 e. The van der Waals surface area contributed by atoms with Crippen molar-refractivity contribution in [3.05, 3.63) is 0 Å². The van der Waals surface area contributed by atoms with Crippen molar-refractivity contribution in [3.63, 3.8) is 0 Å². The van der Waals surface area contributed by atoms with E-state index >= 15 is 0 Å². The first-order valence-corrected chi connectivity index (χ1v) is 3.79. The quantitative estimate of drug-likeness (QED) is 0.485. The highest BCUT2D eigenvalue weighted by atomic mass is 16.6. The maximum atomic E-state index is 5.79. The van der Waals surface area contributed by atoms with E-state index < -0.39 is 0 Å². The van der Waals surface area contributed by atoms with Gasteiger partial charge in [-0.1, -0.05) is 12.8 Å². The third-order valence-electron chi connectivity index (χ3n) is 2.32. The number of hydrogen-bond donors (Lipinski definition) is 1. The van der Waals surface area contributed by atoms with Gasteiger partial charge in [-0.15, -0.1) is 0 Å². The van der Waals surface area contributed by atoms with Gasteiger partial charge >= 0.3 is 0 Å². The lowest BCUT2D eigenvalue weighted by molar-refractivity contribution is 0.317. The molecule has 2 fully saturated rings. The molecule has 3 atom stereocenters. The molecule has 0 aromatic heterocycles. The second kappa shape index (κ2) is 1.96. The number of epoxide rings is 1. The first-order valence-electron chi connectivity index (χ1n) is 3.79. The van der Waals surface area contributed by atoms with E-state index in [1.54, 1.807) is 0 Å². The molecule has 0 amide bonds. The summed E-state index contributed by atoms with van der Waals surface area (Å²) in [6.45, 7) is 0. The van der Waals surface area contributed by atoms with E-state index in [1.165, 1.54) is 25.7 Å². The molecule has 1 aliphatic heterocycles. The molecule has 0 spiro atoms. The highest BCUT2D eigenvalue weighted by molar-refractivity contribution is 4.94. The van der Waals surface area contributed by atoms with E-state index in [1.807, 2.05) is 0 Å². The van der Waals surface area contributed by atoms with Gasteiger partial charge in [-0.3, -0.25) is 0 Å². The molecule has 0 bridgehead atoms. The largest absolute Gasteiger partial charge is 0.368 e. The van der Waals surface area contributed by atoms with Gasteiger partial charge in [-0.2, -0.15) is 0 Å². The zero-order valence-corrected chi connectivity index (χ0v) is 5.55. The Morgan fingerprint density at radius 2 is 2.00 bits per heavy atom. The molecular formula is C7H13NO. The summed E-state index contributed by atoms with van der Waals surface area (Å²) in [7, 11) is 0. The summed E-state index contributed by atoms with van der Waals surface area (Å²) in [6.07, 6.45) is 6.02. The third-order valence-corrected chi connectivity index (χ3v) is 2.32. The van der Waals surface area contributed by atoms with Crippen LogP contribution in [0, 0.1) is 0 Å². The van der Waals surface area contributed by atoms with Crippen LogP contribution >= 0.6 is 0 Å². The van der Waals surface area contributed by atoms with Crippen LogP contribution in [0.3, 0.4) is 0 Å². The van der Waals surface area contributed by atoms with Crippen LogP contribution in [0.15, 0.2) is 0 Å². The molecule has 1 saturated heterocycles. The molecular weight excluding hydrogens is 114 g/mol. The average Bonchev–Trinajstić information content (AvgIpc) is 2.55. The fourth-order valence-electron chi connectivity index (χ4n) is 1.66. The lowest BCUT2D eigenvalue weighted by atomic mass is 10.1. The van der Waals surface area contributed by atoms with Crippen LogP contribution < -0.4 is 5.73 Å². The fraction of sp³-hybridized carbons (Fsp3) is 1.00. The summed E-state index contributed by atoms with van der Waals surface area (Å²) in [5.41, 5.74) is 5.79. The molecule has 2 N–H and O–H groups in total. The Hall–Kier alpha value is -0.0800. The Morgan fingerprint density at radius 1 is 1.22 bits per heavy atom. The Labute approximate surface area is 55.4 Å². The Balaban J connectivity index is 1.96. The molecule has 0 aromatic carbocycles. The SMILES string of the molecule is NC1CCCCC2OC12. The van der Waals surface area contributed by atoms with Gasteiger partial charge in [0.25, 0.3) is 0 Å². The van der Waals surface area contributed by atoms with Crippen LogP contribution in [-0.4, -0.2) is 18.2 Å². The van der Waals surface area contributed by atoms with Gasteiger partial charge in [0.05, 0.1) is 12.2 Å². The Bertz CT molecular complexity index is 115. The van der Waals surface area contributed by atoms with Gasteiger partial charge in [0.1, 0.15) is 0 Å². The van der Waals surface area contributed by atoms with Crippen LogP contribution in [0.2, 0.25) is 0 Å². The summed E-state index contributed by atoms with van der Waals surface area (Å²) >= 11 is 0. The van der Waals surface area contributed by atoms with Crippen molar-refractivity contribution in [3.8, 4) is 0 Å². The summed E-state index contributed by atoms with van der Waals surface area (Å²) in [6, 6.07) is 0.345. The number of ether oxygens (including phenoxy) is 1. The molecule has 2 rings (SSSR count). The van der Waals surface area contributed by atoms with Crippen molar-refractivity contribution in [2.45, 2.75) is 43.9 Å². The van der Waals surface area contributed by atoms with E-state index in [9.17, 15) is 0 Å². The normalized spacial score (nSPS) is 49.7. The van der Waals surface area contributed by atoms with Crippen molar-refractivity contribution in [2.24, 2.45) is 5.73 Å². The van der Waals surface area contributed by atoms with Gasteiger partial charge in [0.2, 0.25) is 0 Å². The molecule has 1 heterocycles. The van der Waals surface area contributed by atoms with E-state index in [-0.39, 0.29) is 0 Å². The first kappa shape index (κ1) is 5.69. The van der Waals surface area contributed by atoms with Gasteiger partial charge in [-0.05, 0) is 12.8 Å². The molecule has 3 unspecified atom stereocenters. The predicted octanol–water partition coefficient (Wildman–Crippen LogP) is 0.655. The monoisotopic (exact) mass is 127 g/mol. The Morgan fingerprint density at radius 3 is 2.89 bits per heavy atom. The molecule has 0 radical (unpaired) electrons. The van der Waals surface area contributed by atoms with Crippen molar-refractivity contribution in [2.75, 3.05) is 0 Å². The van der Waals surface area contributed by atoms with Crippen molar-refractivity contribution in [1.29, 1.82) is 0 Å². The minimum Gasteiger partial charge on any atom is -0.368 e. The van der Waals surface area contributed by atoms with Crippen molar-refractivity contribution >= 4 is 0 Å². The highest BCUT2D eigenvalue weighted by Gasteiger charge is 2.43. The van der Waals surface area contributed by atoms with E-state index in [0.717, 1.165) is 0 Å². The number of hydrogen-bond acceptors (Lipinski definition) is 2. The van der Waals surface area contributed by atoms with Crippen LogP contribution in [0.1, 0.15) is 25.7 Å². The van der Waals surface area contributed by atoms with Crippen molar-refractivity contribution < 1.29 is 4.74 Å². The standard InChI is InChI=1S/C7H13NO/c8-5-3-1-2-4-6-7(5)9-6/h5-7H,1-4,8H2. The van der Waals surface area contributed by atoms with Crippen LogP contribution in [-0.2, 0) is 4.74 Å². The van der Waals surface area contributed by atoms with Gasteiger partial charge in [0.15, 0.2) is 0 Å². The van der Waals surface area contributed by atoms with E-state index in [0.29, 0.717) is 18.2 Å². The zero-order valence-electron chi connectivity index (χ0n) is 5.55. The number of rotatable bonds is 0. The summed E-state index contributed by atoms with van der Waals surface area (Å²) in [4.78, 5) is 0. The minimum atomic E-state index is 0.345. The molecule has 52 valence electrons. The molecule has 0 aromatic rings. The van der Waals surface area contributed by atoms with Crippen LogP contribution in [0.4, 0.5) is 0 Å². The van der Waals surface area contributed by atoms with Crippen LogP contribution in [0.5, 0.6) is 0 Å². The number of nitrogens with two attached hydrogens (primary N) is 1. The molecule has 9 heavy (non-hydrogen) atoms. The smallest absolute Gasteiger partial charge is 0.0992 e. The van der Waals surface area contributed by atoms with Gasteiger partial charge in [0, 0.05) is 6.04 Å². The summed E-state index contributed by atoms with van der Waals surface area (Å²) in [5.74, 6) is 0. The van der Waals surface area contributed by atoms with Crippen molar-refractivity contribution in [1.82, 2.24) is 0 Å². The van der Waals surface area contributed by atoms with Crippen LogP contribution in [0.25, 0.3) is 0 Å². The second-order valence-corrected chi connectivity index (χ2v) is 3.09. The average molecular weight is 127 g/mol. The highest BCUT2D eigenvalue weighted by Crippen LogP contribution is 2.34. The van der Waals surface area contributed by atoms with Gasteiger partial charge in [-0.25, -0.2) is 0 Å². The summed E-state index contributed by atoms with van der Waals surface area (Å²) in [5, 5.41) is 0. The zero-order chi connectivity index (χ0) is 6.27. The van der Waals surface area contributed by atoms with Gasteiger partial charge < -0.3 is 10.5 Å². The summed E-state index contributed by atoms with van der Waals surface area (Å²) < 4.78 is 5.35. The molecule has 2 heteroatoms. The lowest BCUT2D eigenvalue weighted by Gasteiger charge is -2.03. The lowest BCUT2D eigenvalue weighted by Crippen LogP contribution is -2.26. The minimum absolute atomic E-state index is 0.345. The first-order chi connectivity index (χ1) is 4.38. The molecule has 1 aliphatic carbocycles. The third kappa shape index (κ3) is 0.970. The predicted molar refractivity (Wildman–Crippen MR) is 35.1 cm³/mol. The topological polar surface area (TPSA) is 38.5 Å². The maximum absolute atomic E-state index is 5.79.